The number of likely N-dealkylation sites (N-methyl/N-ethyl adjacent to an activating group) is 1. The highest BCUT2D eigenvalue weighted by molar-refractivity contribution is 7.48. The standard InChI is InChI=1S/C27H30N5O6P/c1-6-26(33)31(4)22-11-20(14-28-16-22)21-12-23-24(19-9-10-29-25(13-19)35-5)17-32(27(23)30-15-21)18-38-39(34,36-7-2)37-8-3/h6,9-17H,1,7-8,18H2,2-5H3. The molecule has 1 amide bonds. The third-order valence-corrected chi connectivity index (χ3v) is 7.43. The molecule has 0 bridgehead atoms. The van der Waals surface area contributed by atoms with Crippen molar-refractivity contribution >= 4 is 30.5 Å². The molecule has 0 aliphatic rings. The van der Waals surface area contributed by atoms with Gasteiger partial charge in [0.15, 0.2) is 0 Å². The molecule has 0 radical (unpaired) electrons. The zero-order valence-corrected chi connectivity index (χ0v) is 23.1. The van der Waals surface area contributed by atoms with Gasteiger partial charge in [-0.1, -0.05) is 6.58 Å². The number of amides is 1. The predicted octanol–water partition coefficient (Wildman–Crippen LogP) is 5.47. The minimum absolute atomic E-state index is 0.117. The van der Waals surface area contributed by atoms with Gasteiger partial charge in [0.25, 0.3) is 0 Å². The Morgan fingerprint density at radius 2 is 1.79 bits per heavy atom. The van der Waals surface area contributed by atoms with Crippen molar-refractivity contribution in [1.82, 2.24) is 19.5 Å². The third-order valence-electron chi connectivity index (χ3n) is 5.85. The fourth-order valence-electron chi connectivity index (χ4n) is 3.94. The first kappa shape index (κ1) is 28.1. The number of fused-ring (bicyclic) bond motifs is 1. The molecule has 0 fully saturated rings. The summed E-state index contributed by atoms with van der Waals surface area (Å²) in [7, 11) is -0.539. The van der Waals surface area contributed by atoms with Crippen LogP contribution in [0.2, 0.25) is 0 Å². The van der Waals surface area contributed by atoms with Crippen LogP contribution in [0.3, 0.4) is 0 Å². The minimum Gasteiger partial charge on any atom is -0.481 e. The molecule has 39 heavy (non-hydrogen) atoms. The van der Waals surface area contributed by atoms with Crippen molar-refractivity contribution in [3.8, 4) is 28.1 Å². The van der Waals surface area contributed by atoms with E-state index in [0.29, 0.717) is 17.2 Å². The van der Waals surface area contributed by atoms with E-state index in [1.165, 1.54) is 11.0 Å². The molecule has 0 saturated carbocycles. The van der Waals surface area contributed by atoms with E-state index in [1.54, 1.807) is 57.4 Å². The van der Waals surface area contributed by atoms with Gasteiger partial charge in [0.2, 0.25) is 11.8 Å². The highest BCUT2D eigenvalue weighted by atomic mass is 31.2. The molecule has 0 saturated heterocycles. The Morgan fingerprint density at radius 3 is 2.49 bits per heavy atom. The molecular formula is C27H30N5O6P. The molecule has 0 atom stereocenters. The lowest BCUT2D eigenvalue weighted by atomic mass is 10.0. The van der Waals surface area contributed by atoms with Gasteiger partial charge in [0.05, 0.1) is 32.2 Å². The highest BCUT2D eigenvalue weighted by Gasteiger charge is 2.26. The van der Waals surface area contributed by atoms with Gasteiger partial charge in [-0.05, 0) is 43.7 Å². The second kappa shape index (κ2) is 12.3. The summed E-state index contributed by atoms with van der Waals surface area (Å²) in [5.74, 6) is 0.211. The quantitative estimate of drug-likeness (QED) is 0.167. The average Bonchev–Trinajstić information content (AvgIpc) is 3.33. The molecule has 204 valence electrons. The molecular weight excluding hydrogens is 521 g/mol. The van der Waals surface area contributed by atoms with Crippen LogP contribution in [0, 0.1) is 0 Å². The second-order valence-electron chi connectivity index (χ2n) is 8.27. The lowest BCUT2D eigenvalue weighted by Gasteiger charge is -2.17. The van der Waals surface area contributed by atoms with Crippen LogP contribution in [0.15, 0.2) is 67.9 Å². The Hall–Kier alpha value is -3.89. The van der Waals surface area contributed by atoms with Crippen LogP contribution in [0.1, 0.15) is 13.8 Å². The molecule has 4 heterocycles. The number of carbonyl (C=O) groups is 1. The fraction of sp³-hybridized carbons (Fsp3) is 0.259. The lowest BCUT2D eigenvalue weighted by molar-refractivity contribution is -0.113. The number of phosphoric ester groups is 1. The van der Waals surface area contributed by atoms with Crippen molar-refractivity contribution in [2.24, 2.45) is 0 Å². The molecule has 0 N–H and O–H groups in total. The van der Waals surface area contributed by atoms with E-state index >= 15 is 0 Å². The summed E-state index contributed by atoms with van der Waals surface area (Å²) in [4.78, 5) is 26.8. The minimum atomic E-state index is -3.75. The zero-order chi connectivity index (χ0) is 28.0. The number of hydrogen-bond donors (Lipinski definition) is 0. The molecule has 0 unspecified atom stereocenters. The summed E-state index contributed by atoms with van der Waals surface area (Å²) in [6, 6.07) is 7.50. The van der Waals surface area contributed by atoms with Crippen LogP contribution in [0.5, 0.6) is 5.88 Å². The number of aromatic nitrogens is 4. The van der Waals surface area contributed by atoms with E-state index in [-0.39, 0.29) is 25.9 Å². The van der Waals surface area contributed by atoms with Crippen molar-refractivity contribution in [3.63, 3.8) is 0 Å². The predicted molar refractivity (Wildman–Crippen MR) is 148 cm³/mol. The Kier molecular flexibility index (Phi) is 8.88. The molecule has 4 aromatic heterocycles. The van der Waals surface area contributed by atoms with E-state index in [1.807, 2.05) is 30.5 Å². The number of carbonyl (C=O) groups excluding carboxylic acids is 1. The van der Waals surface area contributed by atoms with Crippen molar-refractivity contribution in [1.29, 1.82) is 0 Å². The number of ether oxygens (including phenoxy) is 1. The maximum absolute atomic E-state index is 12.9. The van der Waals surface area contributed by atoms with Crippen molar-refractivity contribution in [2.45, 2.75) is 20.6 Å². The molecule has 11 nitrogen and oxygen atoms in total. The summed E-state index contributed by atoms with van der Waals surface area (Å²) in [6.45, 7) is 7.21. The van der Waals surface area contributed by atoms with Gasteiger partial charge < -0.3 is 14.2 Å². The van der Waals surface area contributed by atoms with Gasteiger partial charge in [0.1, 0.15) is 12.4 Å². The number of methoxy groups -OCH3 is 1. The number of hydrogen-bond acceptors (Lipinski definition) is 9. The van der Waals surface area contributed by atoms with Crippen molar-refractivity contribution in [2.75, 3.05) is 32.3 Å². The maximum Gasteiger partial charge on any atom is 0.476 e. The molecule has 4 rings (SSSR count). The van der Waals surface area contributed by atoms with Crippen LogP contribution in [0.25, 0.3) is 33.3 Å². The molecule has 0 aromatic carbocycles. The van der Waals surface area contributed by atoms with Crippen LogP contribution in [0.4, 0.5) is 5.69 Å². The number of phosphoric acid groups is 1. The molecule has 0 aliphatic heterocycles. The Labute approximate surface area is 226 Å². The summed E-state index contributed by atoms with van der Waals surface area (Å²) >= 11 is 0. The SMILES string of the molecule is C=CC(=O)N(C)c1cncc(-c2cnc3c(c2)c(-c2ccnc(OC)c2)cn3COP(=O)(OCC)OCC)c1. The van der Waals surface area contributed by atoms with Gasteiger partial charge in [-0.25, -0.2) is 14.5 Å². The Bertz CT molecular complexity index is 1530. The van der Waals surface area contributed by atoms with E-state index in [4.69, 9.17) is 23.3 Å². The van der Waals surface area contributed by atoms with Crippen molar-refractivity contribution < 1.29 is 27.7 Å². The van der Waals surface area contributed by atoms with Crippen LogP contribution >= 0.6 is 7.82 Å². The second-order valence-corrected chi connectivity index (χ2v) is 9.94. The van der Waals surface area contributed by atoms with Crippen LogP contribution in [-0.2, 0) is 29.7 Å². The Morgan fingerprint density at radius 1 is 1.05 bits per heavy atom. The summed E-state index contributed by atoms with van der Waals surface area (Å²) in [5, 5.41) is 0.799. The first-order chi connectivity index (χ1) is 18.8. The molecule has 12 heteroatoms. The van der Waals surface area contributed by atoms with Crippen LogP contribution in [-0.4, -0.2) is 52.8 Å². The normalized spacial score (nSPS) is 11.5. The van der Waals surface area contributed by atoms with Gasteiger partial charge in [-0.15, -0.1) is 0 Å². The number of rotatable bonds is 12. The van der Waals surface area contributed by atoms with E-state index in [0.717, 1.165) is 27.6 Å². The highest BCUT2D eigenvalue weighted by Crippen LogP contribution is 2.49. The third kappa shape index (κ3) is 6.23. The van der Waals surface area contributed by atoms with Gasteiger partial charge in [-0.2, -0.15) is 0 Å². The Balaban J connectivity index is 1.80. The average molecular weight is 552 g/mol. The largest absolute Gasteiger partial charge is 0.481 e. The number of anilines is 1. The van der Waals surface area contributed by atoms with Gasteiger partial charge >= 0.3 is 7.82 Å². The molecule has 0 aliphatic carbocycles. The summed E-state index contributed by atoms with van der Waals surface area (Å²) < 4.78 is 36.1. The monoisotopic (exact) mass is 551 g/mol. The van der Waals surface area contributed by atoms with E-state index < -0.39 is 7.82 Å². The topological polar surface area (TPSA) is 118 Å². The zero-order valence-electron chi connectivity index (χ0n) is 22.2. The van der Waals surface area contributed by atoms with Gasteiger partial charge in [-0.3, -0.25) is 23.3 Å². The van der Waals surface area contributed by atoms with Gasteiger partial charge in [0, 0.05) is 60.0 Å². The summed E-state index contributed by atoms with van der Waals surface area (Å²) in [6.07, 6.45) is 9.77. The number of pyridine rings is 3. The maximum atomic E-state index is 12.9. The van der Waals surface area contributed by atoms with Crippen molar-refractivity contribution in [3.05, 3.63) is 67.9 Å². The lowest BCUT2D eigenvalue weighted by Crippen LogP contribution is -2.23. The first-order valence-corrected chi connectivity index (χ1v) is 13.7. The smallest absolute Gasteiger partial charge is 0.476 e. The first-order valence-electron chi connectivity index (χ1n) is 12.2. The van der Waals surface area contributed by atoms with Crippen LogP contribution < -0.4 is 9.64 Å². The molecule has 4 aromatic rings. The van der Waals surface area contributed by atoms with E-state index in [9.17, 15) is 9.36 Å². The number of nitrogens with zero attached hydrogens (tertiary/aromatic N) is 5. The molecule has 0 spiro atoms. The summed E-state index contributed by atoms with van der Waals surface area (Å²) in [5.41, 5.74) is 4.42. The fourth-order valence-corrected chi connectivity index (χ4v) is 5.06. The van der Waals surface area contributed by atoms with E-state index in [2.05, 4.69) is 16.5 Å².